The molecule has 0 unspecified atom stereocenters. The number of ether oxygens (including phenoxy) is 1. The van der Waals surface area contributed by atoms with Crippen molar-refractivity contribution in [1.82, 2.24) is 19.7 Å². The van der Waals surface area contributed by atoms with Gasteiger partial charge in [0.15, 0.2) is 5.82 Å². The van der Waals surface area contributed by atoms with Gasteiger partial charge in [-0.3, -0.25) is 9.36 Å². The van der Waals surface area contributed by atoms with Crippen LogP contribution in [0.1, 0.15) is 21.7 Å². The van der Waals surface area contributed by atoms with E-state index in [1.165, 1.54) is 0 Å². The Labute approximate surface area is 168 Å². The molecule has 1 N–H and O–H groups in total. The maximum Gasteiger partial charge on any atom is 0.255 e. The summed E-state index contributed by atoms with van der Waals surface area (Å²) in [6.07, 6.45) is 1.72. The third kappa shape index (κ3) is 4.14. The first-order chi connectivity index (χ1) is 14.1. The number of hydrogen-bond acceptors (Lipinski definition) is 5. The summed E-state index contributed by atoms with van der Waals surface area (Å²) in [5.74, 6) is 1.49. The molecule has 0 aliphatic heterocycles. The van der Waals surface area contributed by atoms with E-state index in [4.69, 9.17) is 4.74 Å². The number of anilines is 1. The fourth-order valence-electron chi connectivity index (χ4n) is 2.75. The Morgan fingerprint density at radius 1 is 0.931 bits per heavy atom. The topological polar surface area (TPSA) is 81.9 Å². The molecule has 0 aliphatic rings. The standard InChI is InChI=1S/C22H19N5O2/c1-15-16(2)27(14-23-15)20-12-13-21(26-25-20)29-19-10-8-18(9-11-19)24-22(28)17-6-4-3-5-7-17/h3-14H,1-2H3,(H,24,28). The zero-order valence-corrected chi connectivity index (χ0v) is 16.0. The van der Waals surface area contributed by atoms with E-state index < -0.39 is 0 Å². The first-order valence-electron chi connectivity index (χ1n) is 9.09. The lowest BCUT2D eigenvalue weighted by Crippen LogP contribution is -2.11. The first kappa shape index (κ1) is 18.4. The van der Waals surface area contributed by atoms with Gasteiger partial charge in [0.2, 0.25) is 5.88 Å². The number of imidazole rings is 1. The molecule has 0 saturated heterocycles. The van der Waals surface area contributed by atoms with Crippen LogP contribution in [0.2, 0.25) is 0 Å². The van der Waals surface area contributed by atoms with E-state index >= 15 is 0 Å². The lowest BCUT2D eigenvalue weighted by Gasteiger charge is -2.08. The molecule has 0 radical (unpaired) electrons. The van der Waals surface area contributed by atoms with Crippen molar-refractivity contribution in [3.8, 4) is 17.4 Å². The maximum atomic E-state index is 12.2. The second kappa shape index (κ2) is 7.93. The van der Waals surface area contributed by atoms with Crippen molar-refractivity contribution < 1.29 is 9.53 Å². The van der Waals surface area contributed by atoms with Gasteiger partial charge in [-0.15, -0.1) is 10.2 Å². The number of nitrogens with one attached hydrogen (secondary N) is 1. The van der Waals surface area contributed by atoms with Crippen LogP contribution in [0.4, 0.5) is 5.69 Å². The molecule has 2 aromatic heterocycles. The summed E-state index contributed by atoms with van der Waals surface area (Å²) < 4.78 is 7.61. The van der Waals surface area contributed by atoms with Gasteiger partial charge in [-0.25, -0.2) is 4.98 Å². The molecule has 0 saturated carbocycles. The minimum atomic E-state index is -0.161. The third-order valence-corrected chi connectivity index (χ3v) is 4.50. The fraction of sp³-hybridized carbons (Fsp3) is 0.0909. The molecule has 2 heterocycles. The van der Waals surface area contributed by atoms with Crippen molar-refractivity contribution in [2.24, 2.45) is 0 Å². The molecule has 29 heavy (non-hydrogen) atoms. The Kier molecular flexibility index (Phi) is 5.03. The van der Waals surface area contributed by atoms with Crippen molar-refractivity contribution >= 4 is 11.6 Å². The molecular weight excluding hydrogens is 366 g/mol. The normalized spacial score (nSPS) is 10.6. The summed E-state index contributed by atoms with van der Waals surface area (Å²) >= 11 is 0. The van der Waals surface area contributed by atoms with E-state index in [0.717, 1.165) is 11.4 Å². The van der Waals surface area contributed by atoms with Crippen LogP contribution in [0.25, 0.3) is 5.82 Å². The largest absolute Gasteiger partial charge is 0.438 e. The highest BCUT2D eigenvalue weighted by molar-refractivity contribution is 6.04. The van der Waals surface area contributed by atoms with Gasteiger partial charge >= 0.3 is 0 Å². The quantitative estimate of drug-likeness (QED) is 0.553. The van der Waals surface area contributed by atoms with Crippen LogP contribution >= 0.6 is 0 Å². The molecule has 7 nitrogen and oxygen atoms in total. The molecule has 7 heteroatoms. The molecular formula is C22H19N5O2. The van der Waals surface area contributed by atoms with Crippen LogP contribution in [0, 0.1) is 13.8 Å². The molecule has 0 fully saturated rings. The number of benzene rings is 2. The minimum Gasteiger partial charge on any atom is -0.438 e. The zero-order valence-electron chi connectivity index (χ0n) is 16.0. The number of hydrogen-bond donors (Lipinski definition) is 1. The molecule has 1 amide bonds. The number of carbonyl (C=O) groups excluding carboxylic acids is 1. The lowest BCUT2D eigenvalue weighted by molar-refractivity contribution is 0.102. The van der Waals surface area contributed by atoms with Gasteiger partial charge in [0.25, 0.3) is 5.91 Å². The fourth-order valence-corrected chi connectivity index (χ4v) is 2.75. The van der Waals surface area contributed by atoms with E-state index in [2.05, 4.69) is 20.5 Å². The molecule has 2 aromatic carbocycles. The predicted octanol–water partition coefficient (Wildman–Crippen LogP) is 4.32. The van der Waals surface area contributed by atoms with Gasteiger partial charge in [0.1, 0.15) is 12.1 Å². The highest BCUT2D eigenvalue weighted by Gasteiger charge is 2.08. The van der Waals surface area contributed by atoms with Crippen molar-refractivity contribution in [2.45, 2.75) is 13.8 Å². The number of amides is 1. The smallest absolute Gasteiger partial charge is 0.255 e. The summed E-state index contributed by atoms with van der Waals surface area (Å²) in [4.78, 5) is 16.5. The molecule has 144 valence electrons. The molecule has 4 aromatic rings. The average Bonchev–Trinajstić information content (AvgIpc) is 3.09. The summed E-state index contributed by atoms with van der Waals surface area (Å²) in [7, 11) is 0. The monoisotopic (exact) mass is 385 g/mol. The Balaban J connectivity index is 1.41. The van der Waals surface area contributed by atoms with Gasteiger partial charge < -0.3 is 10.1 Å². The van der Waals surface area contributed by atoms with E-state index in [1.54, 1.807) is 48.8 Å². The van der Waals surface area contributed by atoms with E-state index in [9.17, 15) is 4.79 Å². The van der Waals surface area contributed by atoms with Gasteiger partial charge in [-0.1, -0.05) is 18.2 Å². The van der Waals surface area contributed by atoms with Crippen LogP contribution in [-0.4, -0.2) is 25.7 Å². The highest BCUT2D eigenvalue weighted by Crippen LogP contribution is 2.22. The van der Waals surface area contributed by atoms with Crippen molar-refractivity contribution in [2.75, 3.05) is 5.32 Å². The number of rotatable bonds is 5. The van der Waals surface area contributed by atoms with Gasteiger partial charge in [0, 0.05) is 23.0 Å². The number of aryl methyl sites for hydroxylation is 1. The van der Waals surface area contributed by atoms with Crippen LogP contribution < -0.4 is 10.1 Å². The lowest BCUT2D eigenvalue weighted by atomic mass is 10.2. The molecule has 0 aliphatic carbocycles. The second-order valence-corrected chi connectivity index (χ2v) is 6.46. The summed E-state index contributed by atoms with van der Waals surface area (Å²) in [6, 6.07) is 19.7. The number of carbonyl (C=O) groups is 1. The second-order valence-electron chi connectivity index (χ2n) is 6.46. The Hall–Kier alpha value is -4.00. The SMILES string of the molecule is Cc1ncn(-c2ccc(Oc3ccc(NC(=O)c4ccccc4)cc3)nn2)c1C. The van der Waals surface area contributed by atoms with Crippen molar-refractivity contribution in [3.05, 3.63) is 90.0 Å². The van der Waals surface area contributed by atoms with Gasteiger partial charge in [-0.2, -0.15) is 0 Å². The Bertz CT molecular complexity index is 1120. The molecule has 0 atom stereocenters. The molecule has 4 rings (SSSR count). The summed E-state index contributed by atoms with van der Waals surface area (Å²) in [5.41, 5.74) is 3.25. The van der Waals surface area contributed by atoms with Crippen LogP contribution in [0.3, 0.4) is 0 Å². The van der Waals surface area contributed by atoms with E-state index in [0.29, 0.717) is 28.7 Å². The highest BCUT2D eigenvalue weighted by atomic mass is 16.5. The van der Waals surface area contributed by atoms with E-state index in [-0.39, 0.29) is 5.91 Å². The number of nitrogens with zero attached hydrogens (tertiary/aromatic N) is 4. The molecule has 0 bridgehead atoms. The van der Waals surface area contributed by atoms with Crippen molar-refractivity contribution in [1.29, 1.82) is 0 Å². The number of aromatic nitrogens is 4. The van der Waals surface area contributed by atoms with Gasteiger partial charge in [0.05, 0.1) is 5.69 Å². The first-order valence-corrected chi connectivity index (χ1v) is 9.09. The zero-order chi connectivity index (χ0) is 20.2. The minimum absolute atomic E-state index is 0.161. The average molecular weight is 385 g/mol. The predicted molar refractivity (Wildman–Crippen MR) is 110 cm³/mol. The summed E-state index contributed by atoms with van der Waals surface area (Å²) in [5, 5.41) is 11.2. The maximum absolute atomic E-state index is 12.2. The summed E-state index contributed by atoms with van der Waals surface area (Å²) in [6.45, 7) is 3.93. The van der Waals surface area contributed by atoms with Gasteiger partial charge in [-0.05, 0) is 56.3 Å². The third-order valence-electron chi connectivity index (χ3n) is 4.50. The van der Waals surface area contributed by atoms with Crippen LogP contribution in [-0.2, 0) is 0 Å². The van der Waals surface area contributed by atoms with Crippen LogP contribution in [0.5, 0.6) is 11.6 Å². The van der Waals surface area contributed by atoms with E-state index in [1.807, 2.05) is 42.7 Å². The Morgan fingerprint density at radius 3 is 2.31 bits per heavy atom. The van der Waals surface area contributed by atoms with Crippen molar-refractivity contribution in [3.63, 3.8) is 0 Å². The van der Waals surface area contributed by atoms with Crippen LogP contribution in [0.15, 0.2) is 73.1 Å². The Morgan fingerprint density at radius 2 is 1.69 bits per heavy atom. The molecule has 0 spiro atoms.